The summed E-state index contributed by atoms with van der Waals surface area (Å²) in [5, 5.41) is 13.1. The molecule has 0 amide bonds. The molecule has 0 saturated carbocycles. The minimum absolute atomic E-state index is 0.0301. The van der Waals surface area contributed by atoms with E-state index in [-0.39, 0.29) is 17.3 Å². The van der Waals surface area contributed by atoms with Crippen LogP contribution in [0.1, 0.15) is 21.5 Å². The lowest BCUT2D eigenvalue weighted by Crippen LogP contribution is -2.24. The van der Waals surface area contributed by atoms with Gasteiger partial charge in [-0.2, -0.15) is 5.10 Å². The number of carbonyl (C=O) groups is 1. The van der Waals surface area contributed by atoms with E-state index in [0.29, 0.717) is 11.3 Å². The van der Waals surface area contributed by atoms with Crippen molar-refractivity contribution in [1.82, 2.24) is 5.43 Å². The lowest BCUT2D eigenvalue weighted by atomic mass is 10.1. The SMILES string of the molecule is NC(=S)NN=Cc1ccc(OCc2ccccc2)c(C(=O)O)c1. The predicted molar refractivity (Wildman–Crippen MR) is 91.7 cm³/mol. The number of aromatic carboxylic acids is 1. The van der Waals surface area contributed by atoms with E-state index >= 15 is 0 Å². The molecule has 0 aliphatic heterocycles. The summed E-state index contributed by atoms with van der Waals surface area (Å²) in [5.41, 5.74) is 9.24. The molecular weight excluding hydrogens is 314 g/mol. The van der Waals surface area contributed by atoms with Gasteiger partial charge < -0.3 is 15.6 Å². The van der Waals surface area contributed by atoms with Gasteiger partial charge in [-0.05, 0) is 41.5 Å². The van der Waals surface area contributed by atoms with Crippen molar-refractivity contribution in [2.24, 2.45) is 10.8 Å². The minimum Gasteiger partial charge on any atom is -0.488 e. The topological polar surface area (TPSA) is 96.9 Å². The summed E-state index contributed by atoms with van der Waals surface area (Å²) in [6, 6.07) is 14.3. The van der Waals surface area contributed by atoms with Crippen LogP contribution in [0.4, 0.5) is 0 Å². The van der Waals surface area contributed by atoms with Crippen molar-refractivity contribution in [3.8, 4) is 5.75 Å². The van der Waals surface area contributed by atoms with Crippen molar-refractivity contribution < 1.29 is 14.6 Å². The van der Waals surface area contributed by atoms with Crippen LogP contribution in [-0.2, 0) is 6.61 Å². The zero-order chi connectivity index (χ0) is 16.7. The summed E-state index contributed by atoms with van der Waals surface area (Å²) in [5.74, 6) is -0.786. The Morgan fingerprint density at radius 2 is 2.04 bits per heavy atom. The van der Waals surface area contributed by atoms with Crippen molar-refractivity contribution in [3.63, 3.8) is 0 Å². The van der Waals surface area contributed by atoms with Crippen LogP contribution >= 0.6 is 12.2 Å². The quantitative estimate of drug-likeness (QED) is 0.427. The van der Waals surface area contributed by atoms with E-state index in [9.17, 15) is 9.90 Å². The van der Waals surface area contributed by atoms with Gasteiger partial charge in [0.25, 0.3) is 0 Å². The van der Waals surface area contributed by atoms with Crippen molar-refractivity contribution in [2.45, 2.75) is 6.61 Å². The maximum atomic E-state index is 11.4. The number of carboxylic acid groups (broad SMARTS) is 1. The van der Waals surface area contributed by atoms with Crippen LogP contribution in [0.25, 0.3) is 0 Å². The molecule has 0 bridgehead atoms. The standard InChI is InChI=1S/C16H15N3O3S/c17-16(23)19-18-9-12-6-7-14(13(8-12)15(20)21)22-10-11-4-2-1-3-5-11/h1-9H,10H2,(H,20,21)(H3,17,19,23). The van der Waals surface area contributed by atoms with Gasteiger partial charge in [0, 0.05) is 0 Å². The van der Waals surface area contributed by atoms with Crippen LogP contribution in [0, 0.1) is 0 Å². The molecule has 2 aromatic carbocycles. The number of hydrogen-bond donors (Lipinski definition) is 3. The first-order valence-corrected chi connectivity index (χ1v) is 7.09. The smallest absolute Gasteiger partial charge is 0.339 e. The average Bonchev–Trinajstić information content (AvgIpc) is 2.54. The second-order valence-corrected chi connectivity index (χ2v) is 5.01. The molecule has 0 spiro atoms. The zero-order valence-corrected chi connectivity index (χ0v) is 12.9. The maximum Gasteiger partial charge on any atom is 0.339 e. The minimum atomic E-state index is -1.08. The van der Waals surface area contributed by atoms with E-state index in [0.717, 1.165) is 5.56 Å². The Morgan fingerprint density at radius 3 is 2.70 bits per heavy atom. The number of hydrogen-bond acceptors (Lipinski definition) is 4. The molecule has 0 aromatic heterocycles. The van der Waals surface area contributed by atoms with Gasteiger partial charge in [-0.15, -0.1) is 0 Å². The molecule has 7 heteroatoms. The van der Waals surface area contributed by atoms with Gasteiger partial charge in [-0.3, -0.25) is 5.43 Å². The van der Waals surface area contributed by atoms with E-state index in [2.05, 4.69) is 22.7 Å². The lowest BCUT2D eigenvalue weighted by molar-refractivity contribution is 0.0691. The Bertz CT molecular complexity index is 733. The molecule has 0 unspecified atom stereocenters. The molecule has 23 heavy (non-hydrogen) atoms. The molecule has 0 aliphatic rings. The maximum absolute atomic E-state index is 11.4. The largest absolute Gasteiger partial charge is 0.488 e. The molecule has 0 saturated heterocycles. The van der Waals surface area contributed by atoms with Gasteiger partial charge in [0.05, 0.1) is 6.21 Å². The Balaban J connectivity index is 2.14. The van der Waals surface area contributed by atoms with Gasteiger partial charge in [0.2, 0.25) is 0 Å². The lowest BCUT2D eigenvalue weighted by Gasteiger charge is -2.10. The summed E-state index contributed by atoms with van der Waals surface area (Å²) < 4.78 is 5.60. The number of thiocarbonyl (C=S) groups is 1. The number of benzene rings is 2. The van der Waals surface area contributed by atoms with Gasteiger partial charge in [0.1, 0.15) is 17.9 Å². The summed E-state index contributed by atoms with van der Waals surface area (Å²) in [4.78, 5) is 11.4. The molecule has 0 fully saturated rings. The molecular formula is C16H15N3O3S. The highest BCUT2D eigenvalue weighted by Crippen LogP contribution is 2.21. The summed E-state index contributed by atoms with van der Waals surface area (Å²) in [7, 11) is 0. The van der Waals surface area contributed by atoms with Crippen molar-refractivity contribution in [1.29, 1.82) is 0 Å². The van der Waals surface area contributed by atoms with E-state index in [1.54, 1.807) is 12.1 Å². The number of ether oxygens (including phenoxy) is 1. The highest BCUT2D eigenvalue weighted by molar-refractivity contribution is 7.80. The van der Waals surface area contributed by atoms with Gasteiger partial charge in [-0.25, -0.2) is 4.79 Å². The van der Waals surface area contributed by atoms with Gasteiger partial charge in [0.15, 0.2) is 5.11 Å². The first kappa shape index (κ1) is 16.4. The number of nitrogens with two attached hydrogens (primary N) is 1. The van der Waals surface area contributed by atoms with Crippen molar-refractivity contribution in [3.05, 3.63) is 65.2 Å². The van der Waals surface area contributed by atoms with Crippen molar-refractivity contribution in [2.75, 3.05) is 0 Å². The van der Waals surface area contributed by atoms with Crippen LogP contribution in [0.2, 0.25) is 0 Å². The van der Waals surface area contributed by atoms with Crippen LogP contribution in [0.3, 0.4) is 0 Å². The van der Waals surface area contributed by atoms with Crippen LogP contribution in [0.5, 0.6) is 5.75 Å². The Kier molecular flexibility index (Phi) is 5.65. The summed E-state index contributed by atoms with van der Waals surface area (Å²) in [6.45, 7) is 0.289. The Hall–Kier alpha value is -2.93. The van der Waals surface area contributed by atoms with Gasteiger partial charge >= 0.3 is 5.97 Å². The van der Waals surface area contributed by atoms with Gasteiger partial charge in [-0.1, -0.05) is 30.3 Å². The molecule has 0 radical (unpaired) electrons. The third kappa shape index (κ3) is 5.08. The second-order valence-electron chi connectivity index (χ2n) is 4.57. The summed E-state index contributed by atoms with van der Waals surface area (Å²) >= 11 is 4.62. The second kappa shape index (κ2) is 7.90. The number of rotatable bonds is 6. The first-order chi connectivity index (χ1) is 11.1. The molecule has 2 rings (SSSR count). The third-order valence-electron chi connectivity index (χ3n) is 2.86. The normalized spacial score (nSPS) is 10.4. The monoisotopic (exact) mass is 329 g/mol. The van der Waals surface area contributed by atoms with E-state index in [1.165, 1.54) is 12.3 Å². The highest BCUT2D eigenvalue weighted by atomic mass is 32.1. The van der Waals surface area contributed by atoms with Crippen LogP contribution in [0.15, 0.2) is 53.6 Å². The van der Waals surface area contributed by atoms with Crippen molar-refractivity contribution >= 4 is 29.5 Å². The third-order valence-corrected chi connectivity index (χ3v) is 2.95. The van der Waals surface area contributed by atoms with E-state index in [4.69, 9.17) is 10.5 Å². The molecule has 0 heterocycles. The highest BCUT2D eigenvalue weighted by Gasteiger charge is 2.12. The zero-order valence-electron chi connectivity index (χ0n) is 12.1. The van der Waals surface area contributed by atoms with E-state index in [1.807, 2.05) is 30.3 Å². The molecule has 6 nitrogen and oxygen atoms in total. The fourth-order valence-corrected chi connectivity index (χ4v) is 1.88. The molecule has 118 valence electrons. The number of nitrogens with one attached hydrogen (secondary N) is 1. The Labute approximate surface area is 138 Å². The number of hydrazone groups is 1. The average molecular weight is 329 g/mol. The number of carboxylic acids is 1. The Morgan fingerprint density at radius 1 is 1.30 bits per heavy atom. The summed E-state index contributed by atoms with van der Waals surface area (Å²) in [6.07, 6.45) is 1.42. The molecule has 4 N–H and O–H groups in total. The fourth-order valence-electron chi connectivity index (χ4n) is 1.83. The first-order valence-electron chi connectivity index (χ1n) is 6.69. The molecule has 0 atom stereocenters. The predicted octanol–water partition coefficient (Wildman–Crippen LogP) is 2.13. The van der Waals surface area contributed by atoms with Crippen LogP contribution < -0.4 is 15.9 Å². The van der Waals surface area contributed by atoms with E-state index < -0.39 is 5.97 Å². The van der Waals surface area contributed by atoms with Crippen LogP contribution in [-0.4, -0.2) is 22.4 Å². The molecule has 0 aliphatic carbocycles. The fraction of sp³-hybridized carbons (Fsp3) is 0.0625. The molecule has 2 aromatic rings. The number of nitrogens with zero attached hydrogens (tertiary/aromatic N) is 1.